The highest BCUT2D eigenvalue weighted by molar-refractivity contribution is 7.47. The summed E-state index contributed by atoms with van der Waals surface area (Å²) in [5.74, 6) is -0.447. The molecule has 0 saturated carbocycles. The van der Waals surface area contributed by atoms with Gasteiger partial charge in [0.05, 0.1) is 37.9 Å². The van der Waals surface area contributed by atoms with Gasteiger partial charge in [0.15, 0.2) is 0 Å². The van der Waals surface area contributed by atoms with Gasteiger partial charge in [-0.1, -0.05) is 224 Å². The molecular weight excluding hydrogens is 772 g/mol. The van der Waals surface area contributed by atoms with Gasteiger partial charge in [0.1, 0.15) is 0 Å². The summed E-state index contributed by atoms with van der Waals surface area (Å²) >= 11 is 0. The molecule has 6 N–H and O–H groups in total. The second-order valence-corrected chi connectivity index (χ2v) is 19.0. The molecule has 9 nitrogen and oxygen atoms in total. The lowest BCUT2D eigenvalue weighted by molar-refractivity contribution is -0.124. The quantitative estimate of drug-likeness (QED) is 0.0230. The van der Waals surface area contributed by atoms with Crippen molar-refractivity contribution in [1.29, 1.82) is 0 Å². The summed E-state index contributed by atoms with van der Waals surface area (Å²) in [5, 5.41) is 24.2. The molecule has 0 aliphatic rings. The fraction of sp³-hybridized carbons (Fsp3) is 0.900. The maximum Gasteiger partial charge on any atom is 0.472 e. The Morgan fingerprint density at radius 2 is 0.933 bits per heavy atom. The Labute approximate surface area is 370 Å². The van der Waals surface area contributed by atoms with E-state index in [9.17, 15) is 24.5 Å². The molecule has 0 aliphatic heterocycles. The molecule has 10 heteroatoms. The smallest absolute Gasteiger partial charge is 0.393 e. The van der Waals surface area contributed by atoms with Gasteiger partial charge in [0, 0.05) is 6.54 Å². The number of phosphoric ester groups is 1. The topological polar surface area (TPSA) is 151 Å². The predicted octanol–water partition coefficient (Wildman–Crippen LogP) is 13.9. The van der Waals surface area contributed by atoms with Crippen LogP contribution in [0.3, 0.4) is 0 Å². The van der Waals surface area contributed by atoms with Crippen molar-refractivity contribution in [3.05, 3.63) is 24.3 Å². The number of carbonyl (C=O) groups excluding carboxylic acids is 1. The first kappa shape index (κ1) is 58.9. The van der Waals surface area contributed by atoms with Gasteiger partial charge < -0.3 is 26.2 Å². The van der Waals surface area contributed by atoms with Crippen LogP contribution in [0.5, 0.6) is 0 Å². The van der Waals surface area contributed by atoms with E-state index in [0.717, 1.165) is 51.4 Å². The van der Waals surface area contributed by atoms with Crippen LogP contribution in [-0.2, 0) is 18.4 Å². The summed E-state index contributed by atoms with van der Waals surface area (Å²) in [7, 11) is -4.40. The molecule has 0 bridgehead atoms. The number of phosphoric acid groups is 1. The van der Waals surface area contributed by atoms with Crippen molar-refractivity contribution in [1.82, 2.24) is 5.32 Å². The zero-order chi connectivity index (χ0) is 44.0. The Kier molecular flexibility index (Phi) is 45.1. The molecule has 356 valence electrons. The van der Waals surface area contributed by atoms with Crippen molar-refractivity contribution in [3.8, 4) is 0 Å². The van der Waals surface area contributed by atoms with Gasteiger partial charge in [-0.3, -0.25) is 13.8 Å². The van der Waals surface area contributed by atoms with E-state index in [-0.39, 0.29) is 19.6 Å². The van der Waals surface area contributed by atoms with E-state index >= 15 is 0 Å². The van der Waals surface area contributed by atoms with Crippen molar-refractivity contribution in [2.45, 2.75) is 270 Å². The third-order valence-electron chi connectivity index (χ3n) is 11.6. The molecule has 0 spiro atoms. The minimum atomic E-state index is -4.40. The summed E-state index contributed by atoms with van der Waals surface area (Å²) < 4.78 is 22.2. The second kappa shape index (κ2) is 45.9. The van der Waals surface area contributed by atoms with Gasteiger partial charge in [-0.2, -0.15) is 0 Å². The number of amides is 1. The van der Waals surface area contributed by atoms with E-state index < -0.39 is 38.6 Å². The third-order valence-corrected chi connectivity index (χ3v) is 12.6. The van der Waals surface area contributed by atoms with Crippen LogP contribution in [0.2, 0.25) is 0 Å². The number of unbranched alkanes of at least 4 members (excludes halogenated alkanes) is 32. The van der Waals surface area contributed by atoms with Gasteiger partial charge >= 0.3 is 7.82 Å². The lowest BCUT2D eigenvalue weighted by Gasteiger charge is -2.24. The van der Waals surface area contributed by atoms with Crippen LogP contribution in [0.1, 0.15) is 251 Å². The number of nitrogens with two attached hydrogens (primary N) is 1. The van der Waals surface area contributed by atoms with Crippen molar-refractivity contribution in [3.63, 3.8) is 0 Å². The molecule has 0 radical (unpaired) electrons. The Balaban J connectivity index is 4.20. The van der Waals surface area contributed by atoms with Crippen LogP contribution in [0.15, 0.2) is 24.3 Å². The monoisotopic (exact) mass is 871 g/mol. The highest BCUT2D eigenvalue weighted by Crippen LogP contribution is 2.43. The largest absolute Gasteiger partial charge is 0.472 e. The predicted molar refractivity (Wildman–Crippen MR) is 255 cm³/mol. The maximum atomic E-state index is 12.9. The second-order valence-electron chi connectivity index (χ2n) is 17.6. The van der Waals surface area contributed by atoms with Crippen LogP contribution in [0.4, 0.5) is 0 Å². The minimum absolute atomic E-state index is 0.0492. The van der Waals surface area contributed by atoms with Crippen molar-refractivity contribution >= 4 is 13.7 Å². The van der Waals surface area contributed by atoms with Crippen LogP contribution in [0.25, 0.3) is 0 Å². The van der Waals surface area contributed by atoms with Gasteiger partial charge in [-0.05, 0) is 44.9 Å². The molecule has 4 atom stereocenters. The molecule has 0 fully saturated rings. The molecule has 0 aromatic rings. The minimum Gasteiger partial charge on any atom is -0.393 e. The zero-order valence-electron chi connectivity index (χ0n) is 39.3. The summed E-state index contributed by atoms with van der Waals surface area (Å²) in [6.45, 7) is 4.00. The first-order valence-electron chi connectivity index (χ1n) is 25.5. The van der Waals surface area contributed by atoms with E-state index in [2.05, 4.69) is 31.3 Å². The van der Waals surface area contributed by atoms with E-state index in [1.165, 1.54) is 173 Å². The Morgan fingerprint density at radius 3 is 1.33 bits per heavy atom. The first-order valence-corrected chi connectivity index (χ1v) is 27.0. The van der Waals surface area contributed by atoms with Gasteiger partial charge in [-0.15, -0.1) is 0 Å². The van der Waals surface area contributed by atoms with Crippen LogP contribution >= 0.6 is 7.82 Å². The van der Waals surface area contributed by atoms with Crippen molar-refractivity contribution in [2.75, 3.05) is 19.8 Å². The highest BCUT2D eigenvalue weighted by Gasteiger charge is 2.27. The zero-order valence-corrected chi connectivity index (χ0v) is 40.2. The fourth-order valence-electron chi connectivity index (χ4n) is 7.70. The number of hydrogen-bond donors (Lipinski definition) is 5. The first-order chi connectivity index (χ1) is 29.3. The Hall–Kier alpha value is -1.06. The standard InChI is InChI=1S/C50H99N2O7P/c1-3-5-7-9-11-13-15-17-19-21-23-24-25-27-29-31-33-35-37-39-41-47(53)45-50(55)52-48(46-59-60(56,57)58-44-43-51)49(54)42-40-38-36-34-32-30-28-26-22-20-18-16-14-12-10-8-6-4-2/h25,27,40,42,47-49,53-54H,3-24,26,28-39,41,43-46,51H2,1-2H3,(H,52,55)(H,56,57)/b27-25-,42-40+. The van der Waals surface area contributed by atoms with Gasteiger partial charge in [0.25, 0.3) is 0 Å². The molecule has 60 heavy (non-hydrogen) atoms. The van der Waals surface area contributed by atoms with Gasteiger partial charge in [-0.25, -0.2) is 4.57 Å². The third kappa shape index (κ3) is 43.6. The van der Waals surface area contributed by atoms with Crippen LogP contribution < -0.4 is 11.1 Å². The number of nitrogens with one attached hydrogen (secondary N) is 1. The summed E-state index contributed by atoms with van der Waals surface area (Å²) in [6, 6.07) is -0.984. The molecule has 0 rings (SSSR count). The molecule has 4 unspecified atom stereocenters. The maximum absolute atomic E-state index is 12.9. The number of carbonyl (C=O) groups is 1. The lowest BCUT2D eigenvalue weighted by atomic mass is 10.0. The van der Waals surface area contributed by atoms with E-state index in [4.69, 9.17) is 14.8 Å². The fourth-order valence-corrected chi connectivity index (χ4v) is 8.46. The lowest BCUT2D eigenvalue weighted by Crippen LogP contribution is -2.46. The van der Waals surface area contributed by atoms with E-state index in [1.807, 2.05) is 6.08 Å². The highest BCUT2D eigenvalue weighted by atomic mass is 31.2. The Bertz CT molecular complexity index is 1010. The number of hydrogen-bond acceptors (Lipinski definition) is 7. The number of rotatable bonds is 48. The average Bonchev–Trinajstić information content (AvgIpc) is 3.23. The summed E-state index contributed by atoms with van der Waals surface area (Å²) in [5.41, 5.74) is 5.38. The molecule has 1 amide bonds. The average molecular weight is 871 g/mol. The SMILES string of the molecule is CCCCCCCCCCCCC/C=C\CCCCCCCC(O)CC(=O)NC(COP(=O)(O)OCCN)C(O)/C=C/CCCCCCCCCCCCCCCCCC. The molecule has 0 heterocycles. The van der Waals surface area contributed by atoms with Crippen LogP contribution in [-0.4, -0.2) is 59.0 Å². The van der Waals surface area contributed by atoms with E-state index in [0.29, 0.717) is 6.42 Å². The van der Waals surface area contributed by atoms with E-state index in [1.54, 1.807) is 6.08 Å². The molecule has 0 aromatic heterocycles. The summed E-state index contributed by atoms with van der Waals surface area (Å²) in [6.07, 6.45) is 51.2. The number of allylic oxidation sites excluding steroid dienone is 3. The molecular formula is C50H99N2O7P. The van der Waals surface area contributed by atoms with Crippen molar-refractivity contribution < 1.29 is 33.5 Å². The molecule has 0 aromatic carbocycles. The van der Waals surface area contributed by atoms with Gasteiger partial charge in [0.2, 0.25) is 5.91 Å². The number of aliphatic hydroxyl groups excluding tert-OH is 2. The normalized spacial score (nSPS) is 14.6. The summed E-state index contributed by atoms with van der Waals surface area (Å²) in [4.78, 5) is 22.9. The van der Waals surface area contributed by atoms with Crippen LogP contribution in [0, 0.1) is 0 Å². The number of aliphatic hydroxyl groups is 2. The van der Waals surface area contributed by atoms with Crippen molar-refractivity contribution in [2.24, 2.45) is 5.73 Å². The molecule has 0 saturated heterocycles. The Morgan fingerprint density at radius 1 is 0.567 bits per heavy atom. The molecule has 0 aliphatic carbocycles.